The first kappa shape index (κ1) is 19.5. The molecule has 0 aliphatic rings. The lowest BCUT2D eigenvalue weighted by Gasteiger charge is -2.18. The van der Waals surface area contributed by atoms with Crippen molar-refractivity contribution >= 4 is 11.6 Å². The number of aryl methyl sites for hydroxylation is 3. The molecule has 6 heteroatoms. The molecule has 0 radical (unpaired) electrons. The Morgan fingerprint density at radius 1 is 1.04 bits per heavy atom. The van der Waals surface area contributed by atoms with E-state index in [-0.39, 0.29) is 17.3 Å². The minimum absolute atomic E-state index is 0.332. The highest BCUT2D eigenvalue weighted by Gasteiger charge is 2.19. The van der Waals surface area contributed by atoms with E-state index in [0.29, 0.717) is 11.3 Å². The molecule has 0 fully saturated rings. The molecule has 1 aromatic heterocycles. The lowest BCUT2D eigenvalue weighted by Crippen LogP contribution is -2.33. The Balaban J connectivity index is 1.90. The van der Waals surface area contributed by atoms with E-state index in [1.807, 2.05) is 32.9 Å². The van der Waals surface area contributed by atoms with E-state index in [2.05, 4.69) is 10.4 Å². The highest BCUT2D eigenvalue weighted by Crippen LogP contribution is 2.23. The van der Waals surface area contributed by atoms with Crippen LogP contribution in [0.1, 0.15) is 29.7 Å². The first-order chi connectivity index (χ1) is 13.3. The van der Waals surface area contributed by atoms with Gasteiger partial charge in [0.1, 0.15) is 11.9 Å². The summed E-state index contributed by atoms with van der Waals surface area (Å²) in [5.41, 5.74) is 4.54. The number of hydrogen-bond donors (Lipinski definition) is 1. The number of nitrogens with one attached hydrogen (secondary N) is 1. The number of aromatic nitrogens is 2. The Morgan fingerprint density at radius 3 is 2.25 bits per heavy atom. The van der Waals surface area contributed by atoms with Crippen molar-refractivity contribution < 1.29 is 9.18 Å². The van der Waals surface area contributed by atoms with Gasteiger partial charge in [-0.1, -0.05) is 17.7 Å². The number of benzene rings is 2. The summed E-state index contributed by atoms with van der Waals surface area (Å²) in [6.45, 7) is 7.48. The molecule has 3 aromatic rings. The molecular formula is C22H22FN3O2. The summed E-state index contributed by atoms with van der Waals surface area (Å²) < 4.78 is 14.3. The molecule has 0 spiro atoms. The maximum absolute atomic E-state index is 13.1. The molecule has 1 unspecified atom stereocenters. The van der Waals surface area contributed by atoms with Crippen LogP contribution in [-0.2, 0) is 4.79 Å². The molecule has 1 N–H and O–H groups in total. The largest absolute Gasteiger partial charge is 0.324 e. The molecule has 28 heavy (non-hydrogen) atoms. The van der Waals surface area contributed by atoms with Gasteiger partial charge in [-0.25, -0.2) is 9.07 Å². The van der Waals surface area contributed by atoms with Gasteiger partial charge in [-0.15, -0.1) is 0 Å². The Morgan fingerprint density at radius 2 is 1.64 bits per heavy atom. The van der Waals surface area contributed by atoms with Crippen molar-refractivity contribution in [2.45, 2.75) is 33.7 Å². The maximum Gasteiger partial charge on any atom is 0.267 e. The third-order valence-electron chi connectivity index (χ3n) is 4.64. The molecule has 1 heterocycles. The average Bonchev–Trinajstić information content (AvgIpc) is 2.65. The first-order valence-electron chi connectivity index (χ1n) is 9.01. The van der Waals surface area contributed by atoms with Gasteiger partial charge in [0, 0.05) is 17.3 Å². The lowest BCUT2D eigenvalue weighted by molar-refractivity contribution is -0.119. The van der Waals surface area contributed by atoms with E-state index in [4.69, 9.17) is 0 Å². The zero-order valence-electron chi connectivity index (χ0n) is 16.3. The van der Waals surface area contributed by atoms with E-state index in [9.17, 15) is 14.0 Å². The second-order valence-electron chi connectivity index (χ2n) is 6.95. The van der Waals surface area contributed by atoms with Gasteiger partial charge < -0.3 is 5.32 Å². The lowest BCUT2D eigenvalue weighted by atomic mass is 10.0. The van der Waals surface area contributed by atoms with Crippen LogP contribution in [-0.4, -0.2) is 15.7 Å². The van der Waals surface area contributed by atoms with E-state index in [1.165, 1.54) is 18.2 Å². The summed E-state index contributed by atoms with van der Waals surface area (Å²) in [4.78, 5) is 25.1. The van der Waals surface area contributed by atoms with Crippen molar-refractivity contribution in [3.8, 4) is 11.3 Å². The van der Waals surface area contributed by atoms with Crippen LogP contribution in [0.4, 0.5) is 10.1 Å². The fourth-order valence-corrected chi connectivity index (χ4v) is 3.19. The molecule has 5 nitrogen and oxygen atoms in total. The SMILES string of the molecule is Cc1cc(C)c(NC(=O)C(C)n2nc(-c3ccc(F)cc3)ccc2=O)c(C)c1. The van der Waals surface area contributed by atoms with Crippen LogP contribution in [0.3, 0.4) is 0 Å². The van der Waals surface area contributed by atoms with Crippen LogP contribution in [0.2, 0.25) is 0 Å². The van der Waals surface area contributed by atoms with Gasteiger partial charge in [-0.2, -0.15) is 5.10 Å². The van der Waals surface area contributed by atoms with E-state index >= 15 is 0 Å². The highest BCUT2D eigenvalue weighted by molar-refractivity contribution is 5.94. The van der Waals surface area contributed by atoms with Gasteiger partial charge in [-0.3, -0.25) is 9.59 Å². The van der Waals surface area contributed by atoms with Gasteiger partial charge in [-0.05, 0) is 69.2 Å². The van der Waals surface area contributed by atoms with Crippen molar-refractivity contribution in [1.29, 1.82) is 0 Å². The number of hydrogen-bond acceptors (Lipinski definition) is 3. The van der Waals surface area contributed by atoms with Crippen LogP contribution < -0.4 is 10.9 Å². The number of carbonyl (C=O) groups is 1. The first-order valence-corrected chi connectivity index (χ1v) is 9.01. The molecule has 0 saturated heterocycles. The van der Waals surface area contributed by atoms with Crippen LogP contribution in [0.5, 0.6) is 0 Å². The standard InChI is InChI=1S/C22H22FN3O2/c1-13-11-14(2)21(15(3)12-13)24-22(28)16(4)26-20(27)10-9-19(25-26)17-5-7-18(23)8-6-17/h5-12,16H,1-4H3,(H,24,28). The van der Waals surface area contributed by atoms with Gasteiger partial charge in [0.15, 0.2) is 0 Å². The molecule has 0 bridgehead atoms. The molecular weight excluding hydrogens is 357 g/mol. The number of halogens is 1. The summed E-state index contributed by atoms with van der Waals surface area (Å²) >= 11 is 0. The highest BCUT2D eigenvalue weighted by atomic mass is 19.1. The summed E-state index contributed by atoms with van der Waals surface area (Å²) in [6, 6.07) is 11.9. The quantitative estimate of drug-likeness (QED) is 0.740. The topological polar surface area (TPSA) is 64.0 Å². The number of anilines is 1. The maximum atomic E-state index is 13.1. The number of carbonyl (C=O) groups excluding carboxylic acids is 1. The monoisotopic (exact) mass is 379 g/mol. The summed E-state index contributed by atoms with van der Waals surface area (Å²) in [5.74, 6) is -0.686. The molecule has 144 valence electrons. The van der Waals surface area contributed by atoms with Crippen molar-refractivity contribution in [3.63, 3.8) is 0 Å². The Bertz CT molecular complexity index is 1060. The Hall–Kier alpha value is -3.28. The Kier molecular flexibility index (Phi) is 5.40. The summed E-state index contributed by atoms with van der Waals surface area (Å²) in [7, 11) is 0. The predicted octanol–water partition coefficient (Wildman–Crippen LogP) is 4.17. The van der Waals surface area contributed by atoms with Crippen LogP contribution in [0.25, 0.3) is 11.3 Å². The van der Waals surface area contributed by atoms with Gasteiger partial charge in [0.05, 0.1) is 5.69 Å². The van der Waals surface area contributed by atoms with Crippen LogP contribution >= 0.6 is 0 Å². The minimum Gasteiger partial charge on any atom is -0.324 e. The normalized spacial score (nSPS) is 11.9. The smallest absolute Gasteiger partial charge is 0.267 e. The zero-order chi connectivity index (χ0) is 20.4. The Labute approximate surface area is 162 Å². The summed E-state index contributed by atoms with van der Waals surface area (Å²) in [6.07, 6.45) is 0. The van der Waals surface area contributed by atoms with Crippen molar-refractivity contribution in [2.75, 3.05) is 5.32 Å². The van der Waals surface area contributed by atoms with Gasteiger partial charge >= 0.3 is 0 Å². The van der Waals surface area contributed by atoms with E-state index < -0.39 is 6.04 Å². The predicted molar refractivity (Wildman–Crippen MR) is 108 cm³/mol. The molecule has 3 rings (SSSR count). The van der Waals surface area contributed by atoms with Crippen molar-refractivity contribution in [3.05, 3.63) is 81.4 Å². The molecule has 2 aromatic carbocycles. The molecule has 0 saturated carbocycles. The van der Waals surface area contributed by atoms with E-state index in [0.717, 1.165) is 27.1 Å². The molecule has 1 atom stereocenters. The number of nitrogens with zero attached hydrogens (tertiary/aromatic N) is 2. The van der Waals surface area contributed by atoms with Crippen LogP contribution in [0, 0.1) is 26.6 Å². The van der Waals surface area contributed by atoms with Gasteiger partial charge in [0.2, 0.25) is 5.91 Å². The molecule has 0 aliphatic heterocycles. The zero-order valence-corrected chi connectivity index (χ0v) is 16.3. The second kappa shape index (κ2) is 7.76. The number of rotatable bonds is 4. The average molecular weight is 379 g/mol. The fraction of sp³-hybridized carbons (Fsp3) is 0.227. The van der Waals surface area contributed by atoms with Gasteiger partial charge in [0.25, 0.3) is 5.56 Å². The molecule has 0 aliphatic carbocycles. The van der Waals surface area contributed by atoms with E-state index in [1.54, 1.807) is 25.1 Å². The van der Waals surface area contributed by atoms with Crippen molar-refractivity contribution in [1.82, 2.24) is 9.78 Å². The third kappa shape index (κ3) is 4.01. The fourth-order valence-electron chi connectivity index (χ4n) is 3.19. The summed E-state index contributed by atoms with van der Waals surface area (Å²) in [5, 5.41) is 7.22. The minimum atomic E-state index is -0.812. The molecule has 1 amide bonds. The van der Waals surface area contributed by atoms with Crippen molar-refractivity contribution in [2.24, 2.45) is 0 Å². The second-order valence-corrected chi connectivity index (χ2v) is 6.95. The third-order valence-corrected chi connectivity index (χ3v) is 4.64. The number of amides is 1. The van der Waals surface area contributed by atoms with Crippen LogP contribution in [0.15, 0.2) is 53.3 Å².